The molecule has 0 aromatic heterocycles. The first kappa shape index (κ1) is 12.6. The summed E-state index contributed by atoms with van der Waals surface area (Å²) < 4.78 is 13.4. The van der Waals surface area contributed by atoms with Crippen LogP contribution in [-0.2, 0) is 6.54 Å². The van der Waals surface area contributed by atoms with Crippen molar-refractivity contribution >= 4 is 0 Å². The third-order valence-corrected chi connectivity index (χ3v) is 3.97. The van der Waals surface area contributed by atoms with Crippen LogP contribution in [0, 0.1) is 17.7 Å². The van der Waals surface area contributed by atoms with Crippen molar-refractivity contribution in [3.05, 3.63) is 35.6 Å². The molecule has 2 unspecified atom stereocenters. The van der Waals surface area contributed by atoms with Crippen molar-refractivity contribution in [3.8, 4) is 0 Å². The zero-order valence-electron chi connectivity index (χ0n) is 10.6. The number of rotatable bonds is 4. The lowest BCUT2D eigenvalue weighted by molar-refractivity contribution is 0.247. The van der Waals surface area contributed by atoms with Gasteiger partial charge in [-0.3, -0.25) is 0 Å². The summed E-state index contributed by atoms with van der Waals surface area (Å²) >= 11 is 0. The molecule has 0 spiro atoms. The Balaban J connectivity index is 1.77. The van der Waals surface area contributed by atoms with Crippen molar-refractivity contribution in [2.75, 3.05) is 6.54 Å². The quantitative estimate of drug-likeness (QED) is 0.838. The highest BCUT2D eigenvalue weighted by atomic mass is 19.1. The maximum Gasteiger partial charge on any atom is 0.127 e. The predicted octanol–water partition coefficient (Wildman–Crippen LogP) is 3.74. The second-order valence-corrected chi connectivity index (χ2v) is 5.24. The summed E-state index contributed by atoms with van der Waals surface area (Å²) in [5, 5.41) is 3.40. The van der Waals surface area contributed by atoms with Crippen LogP contribution < -0.4 is 5.32 Å². The molecule has 0 aliphatic heterocycles. The fraction of sp³-hybridized carbons (Fsp3) is 0.600. The third kappa shape index (κ3) is 3.53. The minimum Gasteiger partial charge on any atom is -0.312 e. The molecule has 1 N–H and O–H groups in total. The SMILES string of the molecule is CC1CCCCC1CNCc1ccccc1F. The Morgan fingerprint density at radius 1 is 1.24 bits per heavy atom. The lowest BCUT2D eigenvalue weighted by Gasteiger charge is -2.28. The predicted molar refractivity (Wildman–Crippen MR) is 69.2 cm³/mol. The largest absolute Gasteiger partial charge is 0.312 e. The normalized spacial score (nSPS) is 24.8. The molecule has 1 aliphatic carbocycles. The van der Waals surface area contributed by atoms with Crippen molar-refractivity contribution in [3.63, 3.8) is 0 Å². The highest BCUT2D eigenvalue weighted by molar-refractivity contribution is 5.16. The highest BCUT2D eigenvalue weighted by Gasteiger charge is 2.20. The average Bonchev–Trinajstić information content (AvgIpc) is 2.34. The Hall–Kier alpha value is -0.890. The van der Waals surface area contributed by atoms with Crippen LogP contribution in [0.25, 0.3) is 0 Å². The van der Waals surface area contributed by atoms with E-state index in [2.05, 4.69) is 12.2 Å². The van der Waals surface area contributed by atoms with Crippen molar-refractivity contribution < 1.29 is 4.39 Å². The highest BCUT2D eigenvalue weighted by Crippen LogP contribution is 2.28. The molecule has 0 saturated heterocycles. The van der Waals surface area contributed by atoms with Gasteiger partial charge in [0, 0.05) is 12.1 Å². The van der Waals surface area contributed by atoms with Gasteiger partial charge >= 0.3 is 0 Å². The van der Waals surface area contributed by atoms with Gasteiger partial charge in [-0.05, 0) is 30.9 Å². The van der Waals surface area contributed by atoms with E-state index < -0.39 is 0 Å². The summed E-state index contributed by atoms with van der Waals surface area (Å²) in [5.74, 6) is 1.49. The summed E-state index contributed by atoms with van der Waals surface area (Å²) in [5.41, 5.74) is 0.774. The molecular formula is C15H22FN. The molecule has 1 nitrogen and oxygen atoms in total. The molecule has 94 valence electrons. The van der Waals surface area contributed by atoms with E-state index >= 15 is 0 Å². The lowest BCUT2D eigenvalue weighted by Crippen LogP contribution is -2.29. The molecule has 17 heavy (non-hydrogen) atoms. The molecule has 0 heterocycles. The smallest absolute Gasteiger partial charge is 0.127 e. The van der Waals surface area contributed by atoms with E-state index in [1.54, 1.807) is 6.07 Å². The first-order chi connectivity index (χ1) is 8.27. The monoisotopic (exact) mass is 235 g/mol. The van der Waals surface area contributed by atoms with Gasteiger partial charge in [0.1, 0.15) is 5.82 Å². The second-order valence-electron chi connectivity index (χ2n) is 5.24. The number of nitrogens with one attached hydrogen (secondary N) is 1. The molecule has 0 bridgehead atoms. The average molecular weight is 235 g/mol. The minimum absolute atomic E-state index is 0.100. The summed E-state index contributed by atoms with van der Waals surface area (Å²) in [6, 6.07) is 7.01. The first-order valence-corrected chi connectivity index (χ1v) is 6.71. The molecule has 1 aromatic carbocycles. The first-order valence-electron chi connectivity index (χ1n) is 6.71. The zero-order valence-corrected chi connectivity index (χ0v) is 10.6. The van der Waals surface area contributed by atoms with Gasteiger partial charge in [0.2, 0.25) is 0 Å². The Kier molecular flexibility index (Phi) is 4.55. The summed E-state index contributed by atoms with van der Waals surface area (Å²) in [6.07, 6.45) is 5.42. The van der Waals surface area contributed by atoms with E-state index in [1.807, 2.05) is 12.1 Å². The van der Waals surface area contributed by atoms with Crippen LogP contribution in [0.4, 0.5) is 4.39 Å². The van der Waals surface area contributed by atoms with E-state index in [1.165, 1.54) is 31.7 Å². The molecular weight excluding hydrogens is 213 g/mol. The van der Waals surface area contributed by atoms with Crippen LogP contribution in [0.2, 0.25) is 0 Å². The zero-order chi connectivity index (χ0) is 12.1. The minimum atomic E-state index is -0.100. The van der Waals surface area contributed by atoms with Crippen molar-refractivity contribution in [1.29, 1.82) is 0 Å². The molecule has 1 aromatic rings. The number of benzene rings is 1. The van der Waals surface area contributed by atoms with Gasteiger partial charge in [-0.2, -0.15) is 0 Å². The molecule has 1 saturated carbocycles. The van der Waals surface area contributed by atoms with E-state index in [0.717, 1.165) is 23.9 Å². The molecule has 2 heteroatoms. The molecule has 1 fully saturated rings. The van der Waals surface area contributed by atoms with Gasteiger partial charge < -0.3 is 5.32 Å². The third-order valence-electron chi connectivity index (χ3n) is 3.97. The maximum absolute atomic E-state index is 13.4. The van der Waals surface area contributed by atoms with Crippen LogP contribution in [0.3, 0.4) is 0 Å². The second kappa shape index (κ2) is 6.15. The summed E-state index contributed by atoms with van der Waals surface area (Å²) in [4.78, 5) is 0. The topological polar surface area (TPSA) is 12.0 Å². The van der Waals surface area contributed by atoms with Gasteiger partial charge in [0.05, 0.1) is 0 Å². The van der Waals surface area contributed by atoms with Gasteiger partial charge in [-0.25, -0.2) is 4.39 Å². The summed E-state index contributed by atoms with van der Waals surface area (Å²) in [6.45, 7) is 4.01. The van der Waals surface area contributed by atoms with E-state index in [0.29, 0.717) is 6.54 Å². The van der Waals surface area contributed by atoms with Crippen LogP contribution >= 0.6 is 0 Å². The lowest BCUT2D eigenvalue weighted by atomic mass is 9.80. The Morgan fingerprint density at radius 3 is 2.76 bits per heavy atom. The number of hydrogen-bond acceptors (Lipinski definition) is 1. The number of halogens is 1. The van der Waals surface area contributed by atoms with Gasteiger partial charge in [0.25, 0.3) is 0 Å². The van der Waals surface area contributed by atoms with Crippen LogP contribution in [0.5, 0.6) is 0 Å². The van der Waals surface area contributed by atoms with E-state index in [-0.39, 0.29) is 5.82 Å². The van der Waals surface area contributed by atoms with Gasteiger partial charge in [0.15, 0.2) is 0 Å². The summed E-state index contributed by atoms with van der Waals surface area (Å²) in [7, 11) is 0. The van der Waals surface area contributed by atoms with E-state index in [9.17, 15) is 4.39 Å². The fourth-order valence-corrected chi connectivity index (χ4v) is 2.73. The van der Waals surface area contributed by atoms with Crippen molar-refractivity contribution in [1.82, 2.24) is 5.32 Å². The van der Waals surface area contributed by atoms with Crippen LogP contribution in [0.1, 0.15) is 38.2 Å². The molecule has 2 rings (SSSR count). The molecule has 0 amide bonds. The van der Waals surface area contributed by atoms with Crippen LogP contribution in [-0.4, -0.2) is 6.54 Å². The molecule has 0 radical (unpaired) electrons. The van der Waals surface area contributed by atoms with Crippen molar-refractivity contribution in [2.24, 2.45) is 11.8 Å². The fourth-order valence-electron chi connectivity index (χ4n) is 2.73. The standard InChI is InChI=1S/C15H22FN/c1-12-6-2-3-7-13(12)10-17-11-14-8-4-5-9-15(14)16/h4-5,8-9,12-13,17H,2-3,6-7,10-11H2,1H3. The Labute approximate surface area is 103 Å². The van der Waals surface area contributed by atoms with Crippen molar-refractivity contribution in [2.45, 2.75) is 39.2 Å². The van der Waals surface area contributed by atoms with E-state index in [4.69, 9.17) is 0 Å². The maximum atomic E-state index is 13.4. The van der Waals surface area contributed by atoms with Crippen LogP contribution in [0.15, 0.2) is 24.3 Å². The number of hydrogen-bond donors (Lipinski definition) is 1. The Morgan fingerprint density at radius 2 is 2.00 bits per heavy atom. The Bertz CT molecular complexity index is 351. The van der Waals surface area contributed by atoms with Gasteiger partial charge in [-0.15, -0.1) is 0 Å². The molecule has 1 aliphatic rings. The molecule has 2 atom stereocenters. The van der Waals surface area contributed by atoms with Gasteiger partial charge in [-0.1, -0.05) is 44.4 Å².